The van der Waals surface area contributed by atoms with Crippen LogP contribution in [0.25, 0.3) is 0 Å². The Kier molecular flexibility index (Phi) is 7.77. The Morgan fingerprint density at radius 2 is 1.55 bits per heavy atom. The molecule has 0 aliphatic carbocycles. The number of benzene rings is 4. The highest BCUT2D eigenvalue weighted by atomic mass is 16.6. The second kappa shape index (κ2) is 11.7. The number of hydrogen-bond donors (Lipinski definition) is 2. The van der Waals surface area contributed by atoms with Crippen LogP contribution >= 0.6 is 0 Å². The van der Waals surface area contributed by atoms with E-state index in [1.807, 2.05) is 61.5 Å². The Morgan fingerprint density at radius 3 is 2.25 bits per heavy atom. The first kappa shape index (κ1) is 26.5. The molecule has 2 unspecified atom stereocenters. The molecule has 1 fully saturated rings. The van der Waals surface area contributed by atoms with Crippen LogP contribution in [-0.2, 0) is 16.1 Å². The smallest absolute Gasteiger partial charge is 0.411 e. The Hall–Kier alpha value is -5.11. The number of aryl methyl sites for hydroxylation is 1. The summed E-state index contributed by atoms with van der Waals surface area (Å²) in [6, 6.07) is 29.7. The highest BCUT2D eigenvalue weighted by Gasteiger charge is 2.47. The van der Waals surface area contributed by atoms with Crippen LogP contribution < -0.4 is 15.4 Å². The van der Waals surface area contributed by atoms with E-state index in [2.05, 4.69) is 10.6 Å². The Balaban J connectivity index is 1.39. The van der Waals surface area contributed by atoms with Gasteiger partial charge in [-0.15, -0.1) is 0 Å². The molecule has 202 valence electrons. The number of hydrogen-bond acceptors (Lipinski definition) is 5. The number of nitrogens with one attached hydrogen (secondary N) is 2. The van der Waals surface area contributed by atoms with Gasteiger partial charge >= 0.3 is 6.09 Å². The highest BCUT2D eigenvalue weighted by Crippen LogP contribution is 2.35. The predicted molar refractivity (Wildman–Crippen MR) is 152 cm³/mol. The van der Waals surface area contributed by atoms with Gasteiger partial charge in [-0.3, -0.25) is 14.5 Å². The van der Waals surface area contributed by atoms with Gasteiger partial charge in [-0.05, 0) is 66.6 Å². The molecular weight excluding hydrogens is 506 g/mol. The molecule has 2 N–H and O–H groups in total. The van der Waals surface area contributed by atoms with Crippen LogP contribution in [0.2, 0.25) is 0 Å². The molecule has 3 amide bonds. The number of nitrogens with zero attached hydrogens (tertiary/aromatic N) is 1. The maximum absolute atomic E-state index is 13.6. The highest BCUT2D eigenvalue weighted by molar-refractivity contribution is 6.04. The minimum Gasteiger partial charge on any atom is -0.497 e. The van der Waals surface area contributed by atoms with Crippen molar-refractivity contribution >= 4 is 29.3 Å². The summed E-state index contributed by atoms with van der Waals surface area (Å²) in [5, 5.41) is 5.78. The van der Waals surface area contributed by atoms with E-state index in [4.69, 9.17) is 9.47 Å². The SMILES string of the molecule is COc1cccc(CN2C(=O)OC(c3ccc(NC(=O)c4ccc(C)cc4)cc3)C2C(=O)Nc2ccccc2)c1. The number of anilines is 2. The second-order valence-corrected chi connectivity index (χ2v) is 9.53. The molecule has 8 nitrogen and oxygen atoms in total. The van der Waals surface area contributed by atoms with Gasteiger partial charge in [0.1, 0.15) is 5.75 Å². The van der Waals surface area contributed by atoms with E-state index in [1.54, 1.807) is 55.6 Å². The molecule has 4 aromatic rings. The summed E-state index contributed by atoms with van der Waals surface area (Å²) in [5.41, 5.74) is 4.23. The van der Waals surface area contributed by atoms with Crippen molar-refractivity contribution < 1.29 is 23.9 Å². The molecule has 8 heteroatoms. The van der Waals surface area contributed by atoms with Gasteiger partial charge in [0.05, 0.1) is 13.7 Å². The zero-order valence-electron chi connectivity index (χ0n) is 22.2. The second-order valence-electron chi connectivity index (χ2n) is 9.53. The number of cyclic esters (lactones) is 1. The molecule has 0 radical (unpaired) electrons. The lowest BCUT2D eigenvalue weighted by molar-refractivity contribution is -0.121. The van der Waals surface area contributed by atoms with Crippen LogP contribution in [0.1, 0.15) is 33.2 Å². The summed E-state index contributed by atoms with van der Waals surface area (Å²) < 4.78 is 11.1. The summed E-state index contributed by atoms with van der Waals surface area (Å²) in [6.07, 6.45) is -1.46. The molecule has 0 aromatic heterocycles. The largest absolute Gasteiger partial charge is 0.497 e. The zero-order valence-corrected chi connectivity index (χ0v) is 22.2. The third kappa shape index (κ3) is 5.96. The summed E-state index contributed by atoms with van der Waals surface area (Å²) in [5.74, 6) is 0.0431. The molecule has 4 aromatic carbocycles. The van der Waals surface area contributed by atoms with E-state index in [1.165, 1.54) is 4.90 Å². The third-order valence-corrected chi connectivity index (χ3v) is 6.69. The number of carbonyl (C=O) groups is 3. The van der Waals surface area contributed by atoms with Crippen molar-refractivity contribution in [2.24, 2.45) is 0 Å². The monoisotopic (exact) mass is 535 g/mol. The van der Waals surface area contributed by atoms with Gasteiger partial charge in [0.25, 0.3) is 11.8 Å². The van der Waals surface area contributed by atoms with Crippen molar-refractivity contribution in [2.75, 3.05) is 17.7 Å². The molecule has 1 saturated heterocycles. The number of ether oxygens (including phenoxy) is 2. The molecule has 2 atom stereocenters. The molecule has 1 heterocycles. The topological polar surface area (TPSA) is 97.0 Å². The molecule has 0 saturated carbocycles. The Labute approximate surface area is 232 Å². The number of amides is 3. The first-order valence-corrected chi connectivity index (χ1v) is 12.9. The van der Waals surface area contributed by atoms with Crippen LogP contribution in [0, 0.1) is 6.92 Å². The van der Waals surface area contributed by atoms with Crippen molar-refractivity contribution in [2.45, 2.75) is 25.6 Å². The maximum Gasteiger partial charge on any atom is 0.411 e. The van der Waals surface area contributed by atoms with Crippen LogP contribution in [0.5, 0.6) is 5.75 Å². The average molecular weight is 536 g/mol. The Bertz CT molecular complexity index is 1500. The van der Waals surface area contributed by atoms with Crippen LogP contribution in [0.3, 0.4) is 0 Å². The normalized spacial score (nSPS) is 16.2. The lowest BCUT2D eigenvalue weighted by atomic mass is 10.00. The van der Waals surface area contributed by atoms with Crippen LogP contribution in [0.15, 0.2) is 103 Å². The summed E-state index contributed by atoms with van der Waals surface area (Å²) in [6.45, 7) is 2.12. The van der Waals surface area contributed by atoms with Gasteiger partial charge < -0.3 is 20.1 Å². The summed E-state index contributed by atoms with van der Waals surface area (Å²) in [4.78, 5) is 40.8. The Morgan fingerprint density at radius 1 is 0.850 bits per heavy atom. The van der Waals surface area contributed by atoms with Crippen molar-refractivity contribution in [3.8, 4) is 5.75 Å². The average Bonchev–Trinajstić information content (AvgIpc) is 3.30. The molecular formula is C32H29N3O5. The molecule has 40 heavy (non-hydrogen) atoms. The molecule has 0 spiro atoms. The van der Waals surface area contributed by atoms with Gasteiger partial charge in [0, 0.05) is 16.9 Å². The minimum atomic E-state index is -0.938. The number of para-hydroxylation sites is 1. The summed E-state index contributed by atoms with van der Waals surface area (Å²) >= 11 is 0. The standard InChI is InChI=1S/C32H29N3O5/c1-21-11-13-24(14-12-21)30(36)33-26-17-15-23(16-18-26)29-28(31(37)34-25-8-4-3-5-9-25)35(32(38)40-29)20-22-7-6-10-27(19-22)39-2/h3-19,28-29H,20H2,1-2H3,(H,33,36)(H,34,37). The van der Waals surface area contributed by atoms with Gasteiger partial charge in [0.2, 0.25) is 0 Å². The van der Waals surface area contributed by atoms with Crippen molar-refractivity contribution in [3.63, 3.8) is 0 Å². The lowest BCUT2D eigenvalue weighted by Gasteiger charge is -2.24. The summed E-state index contributed by atoms with van der Waals surface area (Å²) in [7, 11) is 1.57. The number of carbonyl (C=O) groups excluding carboxylic acids is 3. The molecule has 1 aliphatic heterocycles. The van der Waals surface area contributed by atoms with Crippen molar-refractivity contribution in [1.29, 1.82) is 0 Å². The fourth-order valence-corrected chi connectivity index (χ4v) is 4.58. The molecule has 1 aliphatic rings. The number of methoxy groups -OCH3 is 1. The minimum absolute atomic E-state index is 0.157. The lowest BCUT2D eigenvalue weighted by Crippen LogP contribution is -2.43. The van der Waals surface area contributed by atoms with E-state index < -0.39 is 18.2 Å². The van der Waals surface area contributed by atoms with E-state index in [0.29, 0.717) is 28.3 Å². The molecule has 5 rings (SSSR count). The third-order valence-electron chi connectivity index (χ3n) is 6.69. The predicted octanol–water partition coefficient (Wildman–Crippen LogP) is 5.96. The zero-order chi connectivity index (χ0) is 28.1. The fourth-order valence-electron chi connectivity index (χ4n) is 4.58. The van der Waals surface area contributed by atoms with E-state index in [9.17, 15) is 14.4 Å². The van der Waals surface area contributed by atoms with Gasteiger partial charge in [-0.2, -0.15) is 0 Å². The van der Waals surface area contributed by atoms with Crippen molar-refractivity contribution in [1.82, 2.24) is 4.90 Å². The van der Waals surface area contributed by atoms with Gasteiger partial charge in [-0.25, -0.2) is 4.79 Å². The van der Waals surface area contributed by atoms with Gasteiger partial charge in [-0.1, -0.05) is 60.2 Å². The molecule has 0 bridgehead atoms. The van der Waals surface area contributed by atoms with Crippen molar-refractivity contribution in [3.05, 3.63) is 125 Å². The quantitative estimate of drug-likeness (QED) is 0.290. The first-order valence-electron chi connectivity index (χ1n) is 12.9. The van der Waals surface area contributed by atoms with Gasteiger partial charge in [0.15, 0.2) is 12.1 Å². The maximum atomic E-state index is 13.6. The van der Waals surface area contributed by atoms with E-state index >= 15 is 0 Å². The van der Waals surface area contributed by atoms with E-state index in [0.717, 1.165) is 11.1 Å². The fraction of sp³-hybridized carbons (Fsp3) is 0.156. The van der Waals surface area contributed by atoms with Crippen LogP contribution in [0.4, 0.5) is 16.2 Å². The van der Waals surface area contributed by atoms with Crippen LogP contribution in [-0.4, -0.2) is 36.0 Å². The van der Waals surface area contributed by atoms with E-state index in [-0.39, 0.29) is 18.4 Å². The first-order chi connectivity index (χ1) is 19.4. The number of rotatable bonds is 8.